The van der Waals surface area contributed by atoms with Gasteiger partial charge < -0.3 is 4.57 Å². The third-order valence-corrected chi connectivity index (χ3v) is 5.19. The maximum atomic E-state index is 11.7. The first kappa shape index (κ1) is 17.1. The second-order valence-corrected chi connectivity index (χ2v) is 8.12. The van der Waals surface area contributed by atoms with Crippen molar-refractivity contribution in [3.63, 3.8) is 0 Å². The Morgan fingerprint density at radius 2 is 2.21 bits per heavy atom. The number of imidazole rings is 1. The van der Waals surface area contributed by atoms with Crippen molar-refractivity contribution >= 4 is 10.0 Å². The fourth-order valence-corrected chi connectivity index (χ4v) is 4.11. The molecule has 2 aromatic heterocycles. The summed E-state index contributed by atoms with van der Waals surface area (Å²) in [5.74, 6) is 0.978. The summed E-state index contributed by atoms with van der Waals surface area (Å²) in [7, 11) is -1.27. The van der Waals surface area contributed by atoms with Gasteiger partial charge >= 0.3 is 0 Å². The van der Waals surface area contributed by atoms with Gasteiger partial charge in [-0.15, -0.1) is 0 Å². The van der Waals surface area contributed by atoms with Crippen LogP contribution in [0.1, 0.15) is 17.8 Å². The van der Waals surface area contributed by atoms with Gasteiger partial charge in [-0.1, -0.05) is 6.07 Å². The Bertz CT molecular complexity index is 775. The number of likely N-dealkylation sites (tertiary alicyclic amines) is 1. The molecule has 7 nitrogen and oxygen atoms in total. The third kappa shape index (κ3) is 4.19. The SMILES string of the molecule is Cn1ccnc1CN1CC[C@@H](NS(C)(=O)=O)[C@H]1Cc1cccnc1. The quantitative estimate of drug-likeness (QED) is 0.824. The van der Waals surface area contributed by atoms with E-state index in [4.69, 9.17) is 0 Å². The molecule has 2 atom stereocenters. The van der Waals surface area contributed by atoms with E-state index in [-0.39, 0.29) is 12.1 Å². The molecule has 24 heavy (non-hydrogen) atoms. The largest absolute Gasteiger partial charge is 0.337 e. The highest BCUT2D eigenvalue weighted by Crippen LogP contribution is 2.24. The van der Waals surface area contributed by atoms with Crippen LogP contribution in [-0.4, -0.2) is 52.7 Å². The molecular formula is C16H23N5O2S. The highest BCUT2D eigenvalue weighted by molar-refractivity contribution is 7.88. The fourth-order valence-electron chi connectivity index (χ4n) is 3.29. The molecule has 3 heterocycles. The van der Waals surface area contributed by atoms with Crippen LogP contribution in [0.15, 0.2) is 36.9 Å². The standard InChI is InChI=1S/C16H23N5O2S/c1-20-9-7-18-16(20)12-21-8-5-14(19-24(2,22)23)15(21)10-13-4-3-6-17-11-13/h3-4,6-7,9,11,14-15,19H,5,8,10,12H2,1-2H3/t14-,15-/m1/s1. The second-order valence-electron chi connectivity index (χ2n) is 6.34. The van der Waals surface area contributed by atoms with Gasteiger partial charge in [-0.3, -0.25) is 9.88 Å². The van der Waals surface area contributed by atoms with E-state index in [2.05, 4.69) is 19.6 Å². The molecule has 0 spiro atoms. The number of sulfonamides is 1. The van der Waals surface area contributed by atoms with Gasteiger partial charge in [0.2, 0.25) is 10.0 Å². The molecule has 1 aliphatic rings. The first-order valence-corrected chi connectivity index (χ1v) is 9.88. The van der Waals surface area contributed by atoms with Crippen molar-refractivity contribution in [1.29, 1.82) is 0 Å². The van der Waals surface area contributed by atoms with Crippen LogP contribution in [0.5, 0.6) is 0 Å². The molecule has 8 heteroatoms. The molecule has 0 bridgehead atoms. The average Bonchev–Trinajstić information content (AvgIpc) is 3.08. The minimum atomic E-state index is -3.24. The third-order valence-electron chi connectivity index (χ3n) is 4.46. The molecule has 0 saturated carbocycles. The zero-order valence-electron chi connectivity index (χ0n) is 14.0. The van der Waals surface area contributed by atoms with Gasteiger partial charge in [0, 0.05) is 50.5 Å². The first-order valence-electron chi connectivity index (χ1n) is 7.99. The van der Waals surface area contributed by atoms with Crippen LogP contribution in [0.25, 0.3) is 0 Å². The highest BCUT2D eigenvalue weighted by Gasteiger charge is 2.36. The van der Waals surface area contributed by atoms with E-state index in [0.717, 1.165) is 30.8 Å². The number of aromatic nitrogens is 3. The molecule has 3 rings (SSSR count). The summed E-state index contributed by atoms with van der Waals surface area (Å²) >= 11 is 0. The van der Waals surface area contributed by atoms with Gasteiger partial charge in [0.05, 0.1) is 12.8 Å². The normalized spacial score (nSPS) is 22.1. The van der Waals surface area contributed by atoms with Crippen LogP contribution in [0.4, 0.5) is 0 Å². The maximum Gasteiger partial charge on any atom is 0.209 e. The molecule has 1 N–H and O–H groups in total. The number of aryl methyl sites for hydroxylation is 1. The van der Waals surface area contributed by atoms with Crippen molar-refractivity contribution in [2.45, 2.75) is 31.5 Å². The summed E-state index contributed by atoms with van der Waals surface area (Å²) in [4.78, 5) is 10.9. The fraction of sp³-hybridized carbons (Fsp3) is 0.500. The summed E-state index contributed by atoms with van der Waals surface area (Å²) in [5.41, 5.74) is 1.11. The van der Waals surface area contributed by atoms with E-state index >= 15 is 0 Å². The van der Waals surface area contributed by atoms with Crippen molar-refractivity contribution < 1.29 is 8.42 Å². The lowest BCUT2D eigenvalue weighted by molar-refractivity contribution is 0.223. The Morgan fingerprint density at radius 3 is 2.83 bits per heavy atom. The van der Waals surface area contributed by atoms with E-state index in [1.54, 1.807) is 12.4 Å². The number of rotatable bonds is 6. The zero-order valence-corrected chi connectivity index (χ0v) is 14.8. The van der Waals surface area contributed by atoms with Crippen LogP contribution in [0, 0.1) is 0 Å². The van der Waals surface area contributed by atoms with E-state index in [0.29, 0.717) is 6.54 Å². The van der Waals surface area contributed by atoms with Gasteiger partial charge in [-0.2, -0.15) is 0 Å². The molecule has 0 aliphatic carbocycles. The van der Waals surface area contributed by atoms with Crippen LogP contribution in [0.3, 0.4) is 0 Å². The first-order chi connectivity index (χ1) is 11.4. The molecule has 1 aliphatic heterocycles. The Balaban J connectivity index is 1.80. The lowest BCUT2D eigenvalue weighted by Gasteiger charge is -2.28. The van der Waals surface area contributed by atoms with Gasteiger partial charge in [0.25, 0.3) is 0 Å². The molecule has 1 saturated heterocycles. The van der Waals surface area contributed by atoms with E-state index in [1.807, 2.05) is 36.1 Å². The monoisotopic (exact) mass is 349 g/mol. The topological polar surface area (TPSA) is 80.1 Å². The lowest BCUT2D eigenvalue weighted by atomic mass is 10.0. The molecule has 1 fully saturated rings. The van der Waals surface area contributed by atoms with Gasteiger partial charge in [-0.25, -0.2) is 18.1 Å². The predicted octanol–water partition coefficient (Wildman–Crippen LogP) is 0.550. The van der Waals surface area contributed by atoms with Crippen molar-refractivity contribution in [2.75, 3.05) is 12.8 Å². The lowest BCUT2D eigenvalue weighted by Crippen LogP contribution is -2.45. The summed E-state index contributed by atoms with van der Waals surface area (Å²) in [6, 6.07) is 3.93. The van der Waals surface area contributed by atoms with E-state index < -0.39 is 10.0 Å². The predicted molar refractivity (Wildman–Crippen MR) is 91.7 cm³/mol. The zero-order chi connectivity index (χ0) is 17.2. The molecular weight excluding hydrogens is 326 g/mol. The van der Waals surface area contributed by atoms with Crippen LogP contribution >= 0.6 is 0 Å². The smallest absolute Gasteiger partial charge is 0.209 e. The maximum absolute atomic E-state index is 11.7. The van der Waals surface area contributed by atoms with Crippen molar-refractivity contribution in [1.82, 2.24) is 24.2 Å². The van der Waals surface area contributed by atoms with Gasteiger partial charge in [0.1, 0.15) is 5.82 Å². The van der Waals surface area contributed by atoms with Gasteiger partial charge in [0.15, 0.2) is 0 Å². The Kier molecular flexibility index (Phi) is 4.98. The molecule has 2 aromatic rings. The molecule has 0 aromatic carbocycles. The van der Waals surface area contributed by atoms with E-state index in [9.17, 15) is 8.42 Å². The number of nitrogens with one attached hydrogen (secondary N) is 1. The average molecular weight is 349 g/mol. The number of nitrogens with zero attached hydrogens (tertiary/aromatic N) is 4. The van der Waals surface area contributed by atoms with Crippen molar-refractivity contribution in [3.8, 4) is 0 Å². The minimum absolute atomic E-state index is 0.0839. The molecule has 0 radical (unpaired) electrons. The number of hydrogen-bond acceptors (Lipinski definition) is 5. The Labute approximate surface area is 142 Å². The van der Waals surface area contributed by atoms with Crippen molar-refractivity contribution in [2.24, 2.45) is 7.05 Å². The van der Waals surface area contributed by atoms with E-state index in [1.165, 1.54) is 6.26 Å². The van der Waals surface area contributed by atoms with Crippen LogP contribution in [-0.2, 0) is 30.0 Å². The summed E-state index contributed by atoms with van der Waals surface area (Å²) in [5, 5.41) is 0. The molecule has 0 amide bonds. The number of pyridine rings is 1. The summed E-state index contributed by atoms with van der Waals surface area (Å²) < 4.78 is 28.2. The number of hydrogen-bond donors (Lipinski definition) is 1. The summed E-state index contributed by atoms with van der Waals surface area (Å²) in [6.07, 6.45) is 10.1. The second kappa shape index (κ2) is 7.00. The Hall–Kier alpha value is -1.77. The molecule has 0 unspecified atom stereocenters. The van der Waals surface area contributed by atoms with Crippen molar-refractivity contribution in [3.05, 3.63) is 48.3 Å². The summed E-state index contributed by atoms with van der Waals surface area (Å²) in [6.45, 7) is 1.54. The Morgan fingerprint density at radius 1 is 1.38 bits per heavy atom. The minimum Gasteiger partial charge on any atom is -0.337 e. The van der Waals surface area contributed by atoms with Crippen LogP contribution < -0.4 is 4.72 Å². The highest BCUT2D eigenvalue weighted by atomic mass is 32.2. The van der Waals surface area contributed by atoms with Crippen LogP contribution in [0.2, 0.25) is 0 Å². The molecule has 130 valence electrons. The van der Waals surface area contributed by atoms with Gasteiger partial charge in [-0.05, 0) is 24.5 Å².